The third-order valence-corrected chi connectivity index (χ3v) is 8.08. The summed E-state index contributed by atoms with van der Waals surface area (Å²) in [5.74, 6) is 3.59. The number of hydrogen-bond donors (Lipinski definition) is 1. The van der Waals surface area contributed by atoms with Gasteiger partial charge in [0.15, 0.2) is 12.4 Å². The first-order valence-corrected chi connectivity index (χ1v) is 11.3. The summed E-state index contributed by atoms with van der Waals surface area (Å²) in [6.07, 6.45) is 14.9. The molecule has 1 amide bonds. The van der Waals surface area contributed by atoms with Gasteiger partial charge in [-0.2, -0.15) is 4.57 Å². The standard InChI is InChI=1S/C24H36N2O/c1-4-21(5-2)22-6-8-26(9-7-22)16-23(27)25-17(3)24-13-18-10-19(14-24)12-20(11-18)15-24/h6-9,17-21H,4-5,10-16H2,1-3H3/p+1/t17-,18?,19?,20?,24?/m1/s1. The molecule has 0 radical (unpaired) electrons. The highest BCUT2D eigenvalue weighted by molar-refractivity contribution is 5.74. The predicted octanol–water partition coefficient (Wildman–Crippen LogP) is 4.60. The molecule has 4 aliphatic carbocycles. The Hall–Kier alpha value is -1.38. The van der Waals surface area contributed by atoms with Crippen molar-refractivity contribution in [3.63, 3.8) is 0 Å². The van der Waals surface area contributed by atoms with Crippen molar-refractivity contribution in [1.82, 2.24) is 5.32 Å². The van der Waals surface area contributed by atoms with E-state index in [1.807, 2.05) is 4.57 Å². The normalized spacial score (nSPS) is 32.7. The van der Waals surface area contributed by atoms with Gasteiger partial charge < -0.3 is 5.32 Å². The van der Waals surface area contributed by atoms with Crippen LogP contribution in [0.15, 0.2) is 24.5 Å². The van der Waals surface area contributed by atoms with Crippen LogP contribution in [-0.2, 0) is 11.3 Å². The molecule has 4 aliphatic rings. The molecular weight excluding hydrogens is 332 g/mol. The minimum absolute atomic E-state index is 0.165. The van der Waals surface area contributed by atoms with Crippen molar-refractivity contribution < 1.29 is 9.36 Å². The third kappa shape index (κ3) is 3.79. The molecule has 0 aliphatic heterocycles. The van der Waals surface area contributed by atoms with Crippen molar-refractivity contribution in [2.24, 2.45) is 23.2 Å². The van der Waals surface area contributed by atoms with Gasteiger partial charge in [0.05, 0.1) is 0 Å². The van der Waals surface area contributed by atoms with E-state index in [0.717, 1.165) is 17.8 Å². The lowest BCUT2D eigenvalue weighted by Gasteiger charge is -2.59. The van der Waals surface area contributed by atoms with Crippen LogP contribution in [0.25, 0.3) is 0 Å². The summed E-state index contributed by atoms with van der Waals surface area (Å²) in [6.45, 7) is 7.19. The van der Waals surface area contributed by atoms with Gasteiger partial charge in [0.25, 0.3) is 5.91 Å². The number of pyridine rings is 1. The number of amides is 1. The van der Waals surface area contributed by atoms with E-state index in [4.69, 9.17) is 0 Å². The molecule has 4 fully saturated rings. The molecule has 3 nitrogen and oxygen atoms in total. The molecule has 1 aromatic heterocycles. The smallest absolute Gasteiger partial charge is 0.286 e. The molecule has 1 N–H and O–H groups in total. The fraction of sp³-hybridized carbons (Fsp3) is 0.750. The van der Waals surface area contributed by atoms with Gasteiger partial charge in [-0.1, -0.05) is 13.8 Å². The van der Waals surface area contributed by atoms with Crippen LogP contribution in [0.4, 0.5) is 0 Å². The van der Waals surface area contributed by atoms with Gasteiger partial charge in [0.2, 0.25) is 6.54 Å². The number of carbonyl (C=O) groups is 1. The maximum atomic E-state index is 12.7. The quantitative estimate of drug-likeness (QED) is 0.700. The van der Waals surface area contributed by atoms with Gasteiger partial charge in [0, 0.05) is 18.2 Å². The third-order valence-electron chi connectivity index (χ3n) is 8.08. The Bertz CT molecular complexity index is 626. The number of nitrogens with one attached hydrogen (secondary N) is 1. The molecule has 0 spiro atoms. The Morgan fingerprint density at radius 3 is 2.07 bits per heavy atom. The molecule has 4 bridgehead atoms. The number of nitrogens with zero attached hydrogens (tertiary/aromatic N) is 1. The molecule has 0 aromatic carbocycles. The van der Waals surface area contributed by atoms with Gasteiger partial charge in [-0.05, 0) is 92.9 Å². The summed E-state index contributed by atoms with van der Waals surface area (Å²) in [4.78, 5) is 12.7. The predicted molar refractivity (Wildman–Crippen MR) is 108 cm³/mol. The highest BCUT2D eigenvalue weighted by Gasteiger charge is 2.53. The lowest BCUT2D eigenvalue weighted by atomic mass is 9.48. The van der Waals surface area contributed by atoms with Crippen molar-refractivity contribution in [2.75, 3.05) is 0 Å². The van der Waals surface area contributed by atoms with E-state index < -0.39 is 0 Å². The average Bonchev–Trinajstić information content (AvgIpc) is 2.63. The molecule has 5 rings (SSSR count). The largest absolute Gasteiger partial charge is 0.348 e. The van der Waals surface area contributed by atoms with Crippen LogP contribution >= 0.6 is 0 Å². The fourth-order valence-corrected chi connectivity index (χ4v) is 6.92. The molecule has 1 aromatic rings. The molecular formula is C24H37N2O+. The number of aromatic nitrogens is 1. The monoisotopic (exact) mass is 369 g/mol. The van der Waals surface area contributed by atoms with Gasteiger partial charge in [-0.15, -0.1) is 0 Å². The van der Waals surface area contributed by atoms with Crippen LogP contribution in [0.5, 0.6) is 0 Å². The average molecular weight is 370 g/mol. The van der Waals surface area contributed by atoms with Crippen molar-refractivity contribution >= 4 is 5.91 Å². The minimum Gasteiger partial charge on any atom is -0.348 e. The van der Waals surface area contributed by atoms with Gasteiger partial charge in [0.1, 0.15) is 0 Å². The number of rotatable bonds is 7. The van der Waals surface area contributed by atoms with Gasteiger partial charge in [-0.25, -0.2) is 0 Å². The maximum Gasteiger partial charge on any atom is 0.286 e. The zero-order chi connectivity index (χ0) is 19.0. The van der Waals surface area contributed by atoms with E-state index in [1.165, 1.54) is 56.9 Å². The molecule has 0 unspecified atom stereocenters. The second-order valence-electron chi connectivity index (χ2n) is 9.89. The molecule has 1 atom stereocenters. The first-order valence-electron chi connectivity index (χ1n) is 11.3. The molecule has 4 saturated carbocycles. The van der Waals surface area contributed by atoms with E-state index >= 15 is 0 Å². The van der Waals surface area contributed by atoms with Crippen LogP contribution in [0.1, 0.15) is 83.6 Å². The van der Waals surface area contributed by atoms with Crippen LogP contribution in [0, 0.1) is 23.2 Å². The SMILES string of the molecule is CCC(CC)c1cc[n+](CC(=O)N[C@H](C)C23CC4CC(CC(C4)C2)C3)cc1. The second kappa shape index (κ2) is 7.56. The summed E-state index contributed by atoms with van der Waals surface area (Å²) >= 11 is 0. The van der Waals surface area contributed by atoms with Crippen LogP contribution in [0.2, 0.25) is 0 Å². The Balaban J connectivity index is 1.35. The van der Waals surface area contributed by atoms with Crippen LogP contribution in [0.3, 0.4) is 0 Å². The zero-order valence-corrected chi connectivity index (χ0v) is 17.4. The number of carbonyl (C=O) groups excluding carboxylic acids is 1. The summed E-state index contributed by atoms with van der Waals surface area (Å²) in [7, 11) is 0. The lowest BCUT2D eigenvalue weighted by Crippen LogP contribution is -2.57. The van der Waals surface area contributed by atoms with Crippen molar-refractivity contribution in [3.05, 3.63) is 30.1 Å². The summed E-state index contributed by atoms with van der Waals surface area (Å²) < 4.78 is 2.02. The highest BCUT2D eigenvalue weighted by atomic mass is 16.2. The molecule has 148 valence electrons. The molecule has 0 saturated heterocycles. The van der Waals surface area contributed by atoms with Gasteiger partial charge >= 0.3 is 0 Å². The molecule has 3 heteroatoms. The summed E-state index contributed by atoms with van der Waals surface area (Å²) in [5, 5.41) is 3.39. The van der Waals surface area contributed by atoms with Crippen molar-refractivity contribution in [2.45, 2.75) is 90.6 Å². The van der Waals surface area contributed by atoms with Gasteiger partial charge in [-0.3, -0.25) is 4.79 Å². The van der Waals surface area contributed by atoms with Crippen LogP contribution in [-0.4, -0.2) is 11.9 Å². The van der Waals surface area contributed by atoms with E-state index in [0.29, 0.717) is 23.9 Å². The lowest BCUT2D eigenvalue weighted by molar-refractivity contribution is -0.684. The Kier molecular flexibility index (Phi) is 5.31. The van der Waals surface area contributed by atoms with Crippen molar-refractivity contribution in [3.8, 4) is 0 Å². The summed E-state index contributed by atoms with van der Waals surface area (Å²) in [5.41, 5.74) is 1.77. The first kappa shape index (κ1) is 19.0. The van der Waals surface area contributed by atoms with Crippen LogP contribution < -0.4 is 9.88 Å². The van der Waals surface area contributed by atoms with E-state index in [2.05, 4.69) is 50.6 Å². The summed E-state index contributed by atoms with van der Waals surface area (Å²) in [6, 6.07) is 4.68. The molecule has 27 heavy (non-hydrogen) atoms. The minimum atomic E-state index is 0.165. The second-order valence-corrected chi connectivity index (χ2v) is 9.89. The Morgan fingerprint density at radius 2 is 1.59 bits per heavy atom. The topological polar surface area (TPSA) is 33.0 Å². The Labute approximate surface area is 164 Å². The Morgan fingerprint density at radius 1 is 1.07 bits per heavy atom. The van der Waals surface area contributed by atoms with E-state index in [9.17, 15) is 4.79 Å². The van der Waals surface area contributed by atoms with E-state index in [1.54, 1.807) is 0 Å². The van der Waals surface area contributed by atoms with Crippen molar-refractivity contribution in [1.29, 1.82) is 0 Å². The van der Waals surface area contributed by atoms with E-state index in [-0.39, 0.29) is 5.91 Å². The first-order chi connectivity index (χ1) is 13.0. The maximum absolute atomic E-state index is 12.7. The zero-order valence-electron chi connectivity index (χ0n) is 17.4. The fourth-order valence-electron chi connectivity index (χ4n) is 6.92. The highest BCUT2D eigenvalue weighted by Crippen LogP contribution is 2.61. The number of hydrogen-bond acceptors (Lipinski definition) is 1. The molecule has 1 heterocycles.